The van der Waals surface area contributed by atoms with Crippen LogP contribution < -0.4 is 10.6 Å². The van der Waals surface area contributed by atoms with E-state index < -0.39 is 0 Å². The third kappa shape index (κ3) is 11.2. The van der Waals surface area contributed by atoms with E-state index in [1.54, 1.807) is 6.92 Å². The molecule has 0 heterocycles. The summed E-state index contributed by atoms with van der Waals surface area (Å²) in [6, 6.07) is 0. The molecule has 0 fully saturated rings. The molecule has 5 nitrogen and oxygen atoms in total. The number of carbonyl (C=O) groups excluding carboxylic acids is 2. The third-order valence-corrected chi connectivity index (χ3v) is 2.21. The summed E-state index contributed by atoms with van der Waals surface area (Å²) in [5, 5.41) is 6.00. The Bertz CT molecular complexity index is 220. The summed E-state index contributed by atoms with van der Waals surface area (Å²) >= 11 is 0. The first-order chi connectivity index (χ1) is 8.20. The van der Waals surface area contributed by atoms with Crippen molar-refractivity contribution >= 4 is 11.9 Å². The van der Waals surface area contributed by atoms with Crippen LogP contribution in [0.15, 0.2) is 0 Å². The van der Waals surface area contributed by atoms with Crippen LogP contribution in [0.1, 0.15) is 39.5 Å². The molecule has 5 heteroatoms. The van der Waals surface area contributed by atoms with Gasteiger partial charge in [0, 0.05) is 13.0 Å². The topological polar surface area (TPSA) is 67.4 Å². The van der Waals surface area contributed by atoms with Gasteiger partial charge in [0.05, 0.1) is 13.0 Å². The van der Waals surface area contributed by atoms with Crippen LogP contribution in [0, 0.1) is 0 Å². The Morgan fingerprint density at radius 2 is 1.76 bits per heavy atom. The molecule has 0 aromatic rings. The Morgan fingerprint density at radius 1 is 1.06 bits per heavy atom. The van der Waals surface area contributed by atoms with Gasteiger partial charge in [0.15, 0.2) is 0 Å². The van der Waals surface area contributed by atoms with E-state index in [9.17, 15) is 9.59 Å². The predicted octanol–water partition coefficient (Wildman–Crippen LogP) is 0.836. The highest BCUT2D eigenvalue weighted by atomic mass is 16.5. The molecule has 0 aliphatic rings. The van der Waals surface area contributed by atoms with Gasteiger partial charge in [0.1, 0.15) is 0 Å². The van der Waals surface area contributed by atoms with Crippen LogP contribution >= 0.6 is 0 Å². The molecule has 0 unspecified atom stereocenters. The maximum atomic E-state index is 11.3. The maximum Gasteiger partial charge on any atom is 0.306 e. The lowest BCUT2D eigenvalue weighted by molar-refractivity contribution is -0.144. The van der Waals surface area contributed by atoms with Crippen LogP contribution in [0.5, 0.6) is 0 Å². The molecule has 0 spiro atoms. The van der Waals surface area contributed by atoms with Crippen LogP contribution in [0.2, 0.25) is 0 Å². The molecule has 2 N–H and O–H groups in total. The molecule has 1 amide bonds. The van der Waals surface area contributed by atoms with E-state index in [0.29, 0.717) is 13.2 Å². The van der Waals surface area contributed by atoms with Gasteiger partial charge < -0.3 is 15.4 Å². The summed E-state index contributed by atoms with van der Waals surface area (Å²) in [4.78, 5) is 22.3. The van der Waals surface area contributed by atoms with Crippen LogP contribution in [-0.4, -0.2) is 38.1 Å². The minimum absolute atomic E-state index is 0.0819. The average Bonchev–Trinajstić information content (AvgIpc) is 2.31. The van der Waals surface area contributed by atoms with E-state index in [0.717, 1.165) is 25.9 Å². The van der Waals surface area contributed by atoms with Gasteiger partial charge in [-0.2, -0.15) is 0 Å². The van der Waals surface area contributed by atoms with Crippen LogP contribution in [-0.2, 0) is 14.3 Å². The van der Waals surface area contributed by atoms with Gasteiger partial charge in [-0.15, -0.1) is 0 Å². The summed E-state index contributed by atoms with van der Waals surface area (Å²) in [6.07, 6.45) is 2.38. The van der Waals surface area contributed by atoms with E-state index in [-0.39, 0.29) is 24.7 Å². The lowest BCUT2D eigenvalue weighted by Crippen LogP contribution is -2.26. The molecule has 0 aliphatic carbocycles. The molecular formula is C12H24N2O3. The number of ether oxygens (including phenoxy) is 1. The van der Waals surface area contributed by atoms with Crippen molar-refractivity contribution in [3.63, 3.8) is 0 Å². The van der Waals surface area contributed by atoms with Gasteiger partial charge in [0.25, 0.3) is 0 Å². The van der Waals surface area contributed by atoms with E-state index in [4.69, 9.17) is 4.74 Å². The second kappa shape index (κ2) is 11.4. The van der Waals surface area contributed by atoms with Gasteiger partial charge in [-0.05, 0) is 32.9 Å². The zero-order chi connectivity index (χ0) is 12.9. The van der Waals surface area contributed by atoms with Crippen molar-refractivity contribution in [2.24, 2.45) is 0 Å². The molecular weight excluding hydrogens is 220 g/mol. The van der Waals surface area contributed by atoms with E-state index in [1.807, 2.05) is 0 Å². The molecule has 100 valence electrons. The second-order valence-electron chi connectivity index (χ2n) is 3.72. The van der Waals surface area contributed by atoms with Crippen molar-refractivity contribution in [2.75, 3.05) is 26.2 Å². The molecule has 17 heavy (non-hydrogen) atoms. The second-order valence-corrected chi connectivity index (χ2v) is 3.72. The summed E-state index contributed by atoms with van der Waals surface area (Å²) in [6.45, 7) is 6.82. The number of amides is 1. The molecule has 0 radical (unpaired) electrons. The van der Waals surface area contributed by atoms with Crippen LogP contribution in [0.3, 0.4) is 0 Å². The standard InChI is InChI=1S/C12H24N2O3/c1-3-13-9-5-6-10-14-11(15)7-8-12(16)17-4-2/h13H,3-10H2,1-2H3,(H,14,15). The van der Waals surface area contributed by atoms with E-state index in [1.165, 1.54) is 0 Å². The van der Waals surface area contributed by atoms with Crippen LogP contribution in [0.4, 0.5) is 0 Å². The highest BCUT2D eigenvalue weighted by Gasteiger charge is 2.06. The van der Waals surface area contributed by atoms with Gasteiger partial charge in [-0.25, -0.2) is 0 Å². The summed E-state index contributed by atoms with van der Waals surface area (Å²) in [7, 11) is 0. The van der Waals surface area contributed by atoms with Crippen molar-refractivity contribution < 1.29 is 14.3 Å². The number of esters is 1. The van der Waals surface area contributed by atoms with Gasteiger partial charge in [-0.3, -0.25) is 9.59 Å². The Balaban J connectivity index is 3.31. The monoisotopic (exact) mass is 244 g/mol. The lowest BCUT2D eigenvalue weighted by Gasteiger charge is -2.05. The average molecular weight is 244 g/mol. The summed E-state index contributed by atoms with van der Waals surface area (Å²) < 4.78 is 4.74. The Hall–Kier alpha value is -1.10. The molecule has 0 saturated carbocycles. The fraction of sp³-hybridized carbons (Fsp3) is 0.833. The zero-order valence-corrected chi connectivity index (χ0v) is 10.9. The van der Waals surface area contributed by atoms with E-state index >= 15 is 0 Å². The normalized spacial score (nSPS) is 10.0. The number of nitrogens with one attached hydrogen (secondary N) is 2. The molecule has 0 aromatic heterocycles. The molecule has 0 aromatic carbocycles. The quantitative estimate of drug-likeness (QED) is 0.441. The molecule has 0 saturated heterocycles. The Morgan fingerprint density at radius 3 is 2.41 bits per heavy atom. The molecule has 0 atom stereocenters. The first-order valence-electron chi connectivity index (χ1n) is 6.33. The number of rotatable bonds is 10. The zero-order valence-electron chi connectivity index (χ0n) is 10.9. The number of carbonyl (C=O) groups is 2. The third-order valence-electron chi connectivity index (χ3n) is 2.21. The van der Waals surface area contributed by atoms with E-state index in [2.05, 4.69) is 17.6 Å². The number of hydrogen-bond acceptors (Lipinski definition) is 4. The predicted molar refractivity (Wildman–Crippen MR) is 66.7 cm³/mol. The largest absolute Gasteiger partial charge is 0.466 e. The number of hydrogen-bond donors (Lipinski definition) is 2. The van der Waals surface area contributed by atoms with Crippen molar-refractivity contribution in [3.8, 4) is 0 Å². The SMILES string of the molecule is CCNCCCCNC(=O)CCC(=O)OCC. The first kappa shape index (κ1) is 15.9. The van der Waals surface area contributed by atoms with Crippen molar-refractivity contribution in [3.05, 3.63) is 0 Å². The Labute approximate surface area is 103 Å². The summed E-state index contributed by atoms with van der Waals surface area (Å²) in [5.74, 6) is -0.392. The highest BCUT2D eigenvalue weighted by Crippen LogP contribution is 1.93. The highest BCUT2D eigenvalue weighted by molar-refractivity contribution is 5.81. The molecule has 0 aliphatic heterocycles. The maximum absolute atomic E-state index is 11.3. The summed E-state index contributed by atoms with van der Waals surface area (Å²) in [5.41, 5.74) is 0. The van der Waals surface area contributed by atoms with Crippen LogP contribution in [0.25, 0.3) is 0 Å². The molecule has 0 bridgehead atoms. The van der Waals surface area contributed by atoms with Crippen molar-refractivity contribution in [1.82, 2.24) is 10.6 Å². The minimum atomic E-state index is -0.310. The van der Waals surface area contributed by atoms with Gasteiger partial charge in [0.2, 0.25) is 5.91 Å². The van der Waals surface area contributed by atoms with Gasteiger partial charge >= 0.3 is 5.97 Å². The smallest absolute Gasteiger partial charge is 0.306 e. The minimum Gasteiger partial charge on any atom is -0.466 e. The van der Waals surface area contributed by atoms with Crippen molar-refractivity contribution in [1.29, 1.82) is 0 Å². The fourth-order valence-electron chi connectivity index (χ4n) is 1.32. The fourth-order valence-corrected chi connectivity index (χ4v) is 1.32. The Kier molecular flexibility index (Phi) is 10.7. The number of unbranched alkanes of at least 4 members (excludes halogenated alkanes) is 1. The molecule has 0 rings (SSSR count). The lowest BCUT2D eigenvalue weighted by atomic mass is 10.2. The van der Waals surface area contributed by atoms with Crippen molar-refractivity contribution in [2.45, 2.75) is 39.5 Å². The van der Waals surface area contributed by atoms with Gasteiger partial charge in [-0.1, -0.05) is 6.92 Å². The first-order valence-corrected chi connectivity index (χ1v) is 6.33.